The van der Waals surface area contributed by atoms with Gasteiger partial charge in [0.05, 0.1) is 24.7 Å². The van der Waals surface area contributed by atoms with Crippen molar-refractivity contribution in [3.8, 4) is 23.0 Å². The van der Waals surface area contributed by atoms with E-state index in [9.17, 15) is 19.2 Å². The largest absolute Gasteiger partial charge is 0.487 e. The zero-order valence-corrected chi connectivity index (χ0v) is 25.8. The van der Waals surface area contributed by atoms with Crippen LogP contribution in [0.4, 0.5) is 0 Å². The van der Waals surface area contributed by atoms with Gasteiger partial charge in [-0.1, -0.05) is 0 Å². The van der Waals surface area contributed by atoms with Crippen LogP contribution in [0.15, 0.2) is 36.4 Å². The Morgan fingerprint density at radius 1 is 0.721 bits per heavy atom. The standard InChI is InChI=1S/C32H38O10S/c1-21(33)39-25-5-7-27-23(17-25)9-11-31(3,41-27)13-15-37-29(35)19-43-20-30(36)38-16-14-32(4)12-10-24-18-26(40-22(2)34)6-8-28(24)42-32/h5-8,17-18H,9-16,19-20H2,1-4H3. The molecular formula is C32H38O10S. The molecule has 4 rings (SSSR count). The van der Waals surface area contributed by atoms with Crippen LogP contribution in [-0.2, 0) is 41.5 Å². The molecule has 2 aliphatic heterocycles. The van der Waals surface area contributed by atoms with E-state index in [0.717, 1.165) is 60.1 Å². The van der Waals surface area contributed by atoms with Gasteiger partial charge in [-0.15, -0.1) is 11.8 Å². The SMILES string of the molecule is CC(=O)Oc1ccc2c(c1)CCC(C)(CCOC(=O)CSCC(=O)OCCC1(C)CCc3cc(OC(C)=O)ccc3O1)O2. The van der Waals surface area contributed by atoms with Crippen LogP contribution in [-0.4, -0.2) is 59.8 Å². The van der Waals surface area contributed by atoms with Gasteiger partial charge < -0.3 is 28.4 Å². The zero-order valence-electron chi connectivity index (χ0n) is 25.0. The van der Waals surface area contributed by atoms with Gasteiger partial charge in [0.2, 0.25) is 0 Å². The Balaban J connectivity index is 1.09. The number of esters is 4. The molecule has 2 unspecified atom stereocenters. The van der Waals surface area contributed by atoms with Gasteiger partial charge in [0.25, 0.3) is 0 Å². The summed E-state index contributed by atoms with van der Waals surface area (Å²) < 4.78 is 33.4. The van der Waals surface area contributed by atoms with Gasteiger partial charge in [0.1, 0.15) is 34.2 Å². The second-order valence-electron chi connectivity index (χ2n) is 11.3. The third kappa shape index (κ3) is 9.64. The number of rotatable bonds is 12. The first-order valence-corrected chi connectivity index (χ1v) is 15.5. The van der Waals surface area contributed by atoms with Gasteiger partial charge in [0, 0.05) is 26.7 Å². The molecule has 43 heavy (non-hydrogen) atoms. The molecule has 0 saturated carbocycles. The van der Waals surface area contributed by atoms with E-state index < -0.39 is 23.1 Å². The summed E-state index contributed by atoms with van der Waals surface area (Å²) in [5.74, 6) is 0.986. The molecule has 232 valence electrons. The number of hydrogen-bond donors (Lipinski definition) is 0. The Hall–Kier alpha value is -3.73. The summed E-state index contributed by atoms with van der Waals surface area (Å²) in [6.45, 7) is 7.09. The van der Waals surface area contributed by atoms with Crippen molar-refractivity contribution < 1.29 is 47.6 Å². The summed E-state index contributed by atoms with van der Waals surface area (Å²) in [5, 5.41) is 0. The van der Waals surface area contributed by atoms with E-state index in [1.165, 1.54) is 13.8 Å². The van der Waals surface area contributed by atoms with Crippen LogP contribution < -0.4 is 18.9 Å². The molecule has 10 nitrogen and oxygen atoms in total. The molecule has 2 atom stereocenters. The monoisotopic (exact) mass is 614 g/mol. The predicted octanol–water partition coefficient (Wildman–Crippen LogP) is 5.00. The highest BCUT2D eigenvalue weighted by Gasteiger charge is 2.33. The van der Waals surface area contributed by atoms with Crippen molar-refractivity contribution in [3.63, 3.8) is 0 Å². The number of fused-ring (bicyclic) bond motifs is 2. The smallest absolute Gasteiger partial charge is 0.315 e. The van der Waals surface area contributed by atoms with Crippen LogP contribution in [0.3, 0.4) is 0 Å². The summed E-state index contributed by atoms with van der Waals surface area (Å²) in [6.07, 6.45) is 4.02. The van der Waals surface area contributed by atoms with Crippen LogP contribution in [0.1, 0.15) is 64.5 Å². The van der Waals surface area contributed by atoms with Gasteiger partial charge in [-0.2, -0.15) is 0 Å². The fourth-order valence-electron chi connectivity index (χ4n) is 5.01. The van der Waals surface area contributed by atoms with Crippen LogP contribution in [0.2, 0.25) is 0 Å². The Morgan fingerprint density at radius 2 is 1.14 bits per heavy atom. The average Bonchev–Trinajstić information content (AvgIpc) is 2.92. The molecule has 0 aliphatic carbocycles. The lowest BCUT2D eigenvalue weighted by atomic mass is 9.90. The molecule has 2 aromatic rings. The van der Waals surface area contributed by atoms with Gasteiger partial charge >= 0.3 is 23.9 Å². The highest BCUT2D eigenvalue weighted by molar-refractivity contribution is 8.00. The van der Waals surface area contributed by atoms with Crippen molar-refractivity contribution in [1.29, 1.82) is 0 Å². The first kappa shape index (κ1) is 32.2. The number of aryl methyl sites for hydroxylation is 2. The number of thioether (sulfide) groups is 1. The van der Waals surface area contributed by atoms with E-state index in [2.05, 4.69) is 0 Å². The Labute approximate surface area is 255 Å². The minimum absolute atomic E-state index is 0.0430. The summed E-state index contributed by atoms with van der Waals surface area (Å²) >= 11 is 1.15. The van der Waals surface area contributed by atoms with Crippen molar-refractivity contribution in [2.75, 3.05) is 24.7 Å². The number of benzene rings is 2. The van der Waals surface area contributed by atoms with Crippen LogP contribution in [0.5, 0.6) is 23.0 Å². The number of carbonyl (C=O) groups excluding carboxylic acids is 4. The molecule has 0 N–H and O–H groups in total. The van der Waals surface area contributed by atoms with E-state index in [1.54, 1.807) is 24.3 Å². The molecule has 11 heteroatoms. The molecule has 0 amide bonds. The Morgan fingerprint density at radius 3 is 1.53 bits per heavy atom. The van der Waals surface area contributed by atoms with E-state index >= 15 is 0 Å². The number of carbonyl (C=O) groups is 4. The fraction of sp³-hybridized carbons (Fsp3) is 0.500. The number of hydrogen-bond acceptors (Lipinski definition) is 11. The van der Waals surface area contributed by atoms with Crippen molar-refractivity contribution in [3.05, 3.63) is 47.5 Å². The maximum absolute atomic E-state index is 12.2. The molecule has 2 heterocycles. The molecule has 2 aliphatic rings. The number of ether oxygens (including phenoxy) is 6. The van der Waals surface area contributed by atoms with Crippen LogP contribution >= 0.6 is 11.8 Å². The minimum Gasteiger partial charge on any atom is -0.487 e. The van der Waals surface area contributed by atoms with Crippen LogP contribution in [0, 0.1) is 0 Å². The molecular weight excluding hydrogens is 576 g/mol. The van der Waals surface area contributed by atoms with E-state index in [0.29, 0.717) is 24.3 Å². The lowest BCUT2D eigenvalue weighted by molar-refractivity contribution is -0.142. The normalized spacial score (nSPS) is 20.4. The maximum Gasteiger partial charge on any atom is 0.315 e. The molecule has 0 saturated heterocycles. The van der Waals surface area contributed by atoms with Gasteiger partial charge in [-0.05, 0) is 87.1 Å². The lowest BCUT2D eigenvalue weighted by Gasteiger charge is -2.35. The quantitative estimate of drug-likeness (QED) is 0.237. The predicted molar refractivity (Wildman–Crippen MR) is 159 cm³/mol. The van der Waals surface area contributed by atoms with E-state index in [-0.39, 0.29) is 36.7 Å². The molecule has 0 aromatic heterocycles. The second kappa shape index (κ2) is 14.2. The summed E-state index contributed by atoms with van der Waals surface area (Å²) in [5.41, 5.74) is 0.971. The molecule has 0 fully saturated rings. The summed E-state index contributed by atoms with van der Waals surface area (Å²) in [7, 11) is 0. The minimum atomic E-state index is -0.485. The van der Waals surface area contributed by atoms with Gasteiger partial charge in [0.15, 0.2) is 0 Å². The van der Waals surface area contributed by atoms with Crippen molar-refractivity contribution in [1.82, 2.24) is 0 Å². The summed E-state index contributed by atoms with van der Waals surface area (Å²) in [4.78, 5) is 46.8. The van der Waals surface area contributed by atoms with Crippen LogP contribution in [0.25, 0.3) is 0 Å². The van der Waals surface area contributed by atoms with E-state index in [4.69, 9.17) is 28.4 Å². The Bertz CT molecular complexity index is 1260. The van der Waals surface area contributed by atoms with Crippen molar-refractivity contribution in [2.45, 2.75) is 77.4 Å². The average molecular weight is 615 g/mol. The second-order valence-corrected chi connectivity index (χ2v) is 12.2. The molecule has 0 bridgehead atoms. The molecule has 2 aromatic carbocycles. The Kier molecular flexibility index (Phi) is 10.6. The topological polar surface area (TPSA) is 124 Å². The van der Waals surface area contributed by atoms with Crippen molar-refractivity contribution in [2.24, 2.45) is 0 Å². The third-order valence-corrected chi connectivity index (χ3v) is 8.25. The highest BCUT2D eigenvalue weighted by Crippen LogP contribution is 2.38. The van der Waals surface area contributed by atoms with Crippen molar-refractivity contribution >= 4 is 35.6 Å². The highest BCUT2D eigenvalue weighted by atomic mass is 32.2. The third-order valence-electron chi connectivity index (χ3n) is 7.37. The van der Waals surface area contributed by atoms with Gasteiger partial charge in [-0.3, -0.25) is 19.2 Å². The molecule has 0 spiro atoms. The van der Waals surface area contributed by atoms with E-state index in [1.807, 2.05) is 26.0 Å². The maximum atomic E-state index is 12.2. The zero-order chi connectivity index (χ0) is 31.0. The van der Waals surface area contributed by atoms with Gasteiger partial charge in [-0.25, -0.2) is 0 Å². The first-order chi connectivity index (χ1) is 20.4. The lowest BCUT2D eigenvalue weighted by Crippen LogP contribution is -2.37. The fourth-order valence-corrected chi connectivity index (χ4v) is 5.61. The summed E-state index contributed by atoms with van der Waals surface area (Å²) in [6, 6.07) is 10.6. The first-order valence-electron chi connectivity index (χ1n) is 14.3. The molecule has 0 radical (unpaired) electrons.